The molecule has 6 heteroatoms. The predicted octanol–water partition coefficient (Wildman–Crippen LogP) is 6.83. The second kappa shape index (κ2) is 14.0. The highest BCUT2D eigenvalue weighted by molar-refractivity contribution is 6.10. The summed E-state index contributed by atoms with van der Waals surface area (Å²) in [6.07, 6.45) is 13.8. The van der Waals surface area contributed by atoms with E-state index in [1.165, 1.54) is 44.1 Å². The maximum absolute atomic E-state index is 14.3. The molecule has 0 aliphatic heterocycles. The van der Waals surface area contributed by atoms with Gasteiger partial charge in [-0.3, -0.25) is 9.69 Å². The Bertz CT molecular complexity index is 1480. The van der Waals surface area contributed by atoms with E-state index >= 15 is 0 Å². The fourth-order valence-electron chi connectivity index (χ4n) is 11.8. The zero-order valence-corrected chi connectivity index (χ0v) is 29.8. The lowest BCUT2D eigenvalue weighted by molar-refractivity contribution is -0.114. The molecule has 5 fully saturated rings. The molecule has 2 aromatic rings. The van der Waals surface area contributed by atoms with E-state index in [2.05, 4.69) is 37.0 Å². The van der Waals surface area contributed by atoms with E-state index in [0.717, 1.165) is 61.1 Å². The maximum Gasteiger partial charge on any atom is 0.193 e. The van der Waals surface area contributed by atoms with Crippen molar-refractivity contribution >= 4 is 5.78 Å². The van der Waals surface area contributed by atoms with Crippen LogP contribution in [0, 0.1) is 28.6 Å². The standard InChI is InChI=1S/C43H59NO5/c1-29-7-6-15-41(2)39(37-13-11-30(20-35(46)12-10-29)21-38(37)40(48)34-8-4-3-5-9-34)14-16-43(41,49)28-44(25-36(47)26-45)27-42-22-31-17-32(23-42)19-33(18-31)24-42/h3-5,7-9,11,13,21,31-33,35-36,39,45-47,49H,6,10,12,14-20,22-28H2,1-2H3/t31?,32?,33?,35-,36-,39-,41-,42?,43+/m0/s1. The third-order valence-corrected chi connectivity index (χ3v) is 13.8. The molecule has 0 radical (unpaired) electrons. The van der Waals surface area contributed by atoms with Crippen LogP contribution in [0.15, 0.2) is 60.2 Å². The number of fused-ring (bicyclic) bond motifs is 8. The number of hydrogen-bond donors (Lipinski definition) is 4. The van der Waals surface area contributed by atoms with Crippen molar-refractivity contribution in [2.75, 3.05) is 26.2 Å². The lowest BCUT2D eigenvalue weighted by Gasteiger charge is -2.58. The van der Waals surface area contributed by atoms with Crippen molar-refractivity contribution in [3.05, 3.63) is 82.4 Å². The molecule has 0 aromatic heterocycles. The predicted molar refractivity (Wildman–Crippen MR) is 193 cm³/mol. The molecule has 2 aromatic carbocycles. The van der Waals surface area contributed by atoms with Gasteiger partial charge in [-0.05, 0) is 137 Å². The molecule has 5 saturated carbocycles. The molecule has 6 nitrogen and oxygen atoms in total. The minimum absolute atomic E-state index is 0.0120. The molecule has 0 spiro atoms. The Labute approximate surface area is 293 Å². The van der Waals surface area contributed by atoms with E-state index in [1.54, 1.807) is 0 Å². The third-order valence-electron chi connectivity index (χ3n) is 13.8. The average Bonchev–Trinajstić information content (AvgIpc) is 3.31. The van der Waals surface area contributed by atoms with Crippen molar-refractivity contribution in [1.82, 2.24) is 4.90 Å². The molecule has 49 heavy (non-hydrogen) atoms. The second-order valence-electron chi connectivity index (χ2n) is 17.6. The van der Waals surface area contributed by atoms with Crippen molar-refractivity contribution in [3.63, 3.8) is 0 Å². The van der Waals surface area contributed by atoms with E-state index in [1.807, 2.05) is 36.4 Å². The molecule has 0 saturated heterocycles. The van der Waals surface area contributed by atoms with Crippen LogP contribution in [0.25, 0.3) is 0 Å². The largest absolute Gasteiger partial charge is 0.394 e. The summed E-state index contributed by atoms with van der Waals surface area (Å²) < 4.78 is 0. The molecular weight excluding hydrogens is 610 g/mol. The van der Waals surface area contributed by atoms with Crippen molar-refractivity contribution in [2.45, 2.75) is 121 Å². The second-order valence-corrected chi connectivity index (χ2v) is 17.6. The van der Waals surface area contributed by atoms with E-state index in [-0.39, 0.29) is 23.7 Å². The zero-order chi connectivity index (χ0) is 34.4. The van der Waals surface area contributed by atoms with Gasteiger partial charge in [-0.15, -0.1) is 0 Å². The quantitative estimate of drug-likeness (QED) is 0.173. The van der Waals surface area contributed by atoms with Crippen LogP contribution >= 0.6 is 0 Å². The maximum atomic E-state index is 14.3. The molecular formula is C43H59NO5. The van der Waals surface area contributed by atoms with Gasteiger partial charge >= 0.3 is 0 Å². The minimum atomic E-state index is -1.05. The summed E-state index contributed by atoms with van der Waals surface area (Å²) in [5.41, 5.74) is 3.20. The van der Waals surface area contributed by atoms with Gasteiger partial charge in [0.15, 0.2) is 5.78 Å². The van der Waals surface area contributed by atoms with Crippen molar-refractivity contribution in [3.8, 4) is 0 Å². The first-order chi connectivity index (χ1) is 23.5. The number of allylic oxidation sites excluding steroid dienone is 2. The number of carbonyl (C=O) groups is 1. The fourth-order valence-corrected chi connectivity index (χ4v) is 11.8. The van der Waals surface area contributed by atoms with Crippen LogP contribution in [-0.4, -0.2) is 75.2 Å². The smallest absolute Gasteiger partial charge is 0.193 e. The summed E-state index contributed by atoms with van der Waals surface area (Å²) in [6.45, 7) is 5.78. The van der Waals surface area contributed by atoms with Crippen molar-refractivity contribution < 1.29 is 25.2 Å². The third kappa shape index (κ3) is 7.10. The topological polar surface area (TPSA) is 101 Å². The van der Waals surface area contributed by atoms with Crippen LogP contribution in [0.3, 0.4) is 0 Å². The van der Waals surface area contributed by atoms with E-state index in [0.29, 0.717) is 43.5 Å². The van der Waals surface area contributed by atoms with Crippen LogP contribution in [0.1, 0.15) is 124 Å². The molecule has 0 amide bonds. The summed E-state index contributed by atoms with van der Waals surface area (Å²) in [5, 5.41) is 44.8. The SMILES string of the molecule is CC1=CCC[C@@]2(C)[C@@H](CC[C@@]2(O)CN(C[C@H](O)CO)CC23CC4CC(CC(C4)C2)C3)c2ccc(cc2C(=O)c2ccccc2)C[C@@H](O)CC1. The normalized spacial score (nSPS) is 36.4. The summed E-state index contributed by atoms with van der Waals surface area (Å²) in [4.78, 5) is 16.6. The highest BCUT2D eigenvalue weighted by Gasteiger charge is 2.58. The monoisotopic (exact) mass is 669 g/mol. The van der Waals surface area contributed by atoms with Gasteiger partial charge in [0.2, 0.25) is 0 Å². The highest BCUT2D eigenvalue weighted by Crippen LogP contribution is 2.62. The Balaban J connectivity index is 1.26. The molecule has 9 rings (SSSR count). The van der Waals surface area contributed by atoms with Crippen LogP contribution in [0.5, 0.6) is 0 Å². The van der Waals surface area contributed by atoms with E-state index in [9.17, 15) is 25.2 Å². The Morgan fingerprint density at radius 3 is 2.33 bits per heavy atom. The van der Waals surface area contributed by atoms with Gasteiger partial charge in [0, 0.05) is 36.2 Å². The Kier molecular flexibility index (Phi) is 10.0. The number of rotatable bonds is 9. The highest BCUT2D eigenvalue weighted by atomic mass is 16.3. The molecule has 7 aliphatic rings. The van der Waals surface area contributed by atoms with E-state index < -0.39 is 23.2 Å². The lowest BCUT2D eigenvalue weighted by Crippen LogP contribution is -2.57. The zero-order valence-electron chi connectivity index (χ0n) is 29.8. The number of ketones is 1. The van der Waals surface area contributed by atoms with Gasteiger partial charge in [0.25, 0.3) is 0 Å². The summed E-state index contributed by atoms with van der Waals surface area (Å²) >= 11 is 0. The molecule has 5 atom stereocenters. The Hall–Kier alpha value is -2.35. The number of aliphatic hydroxyl groups is 4. The van der Waals surface area contributed by atoms with Gasteiger partial charge in [0.1, 0.15) is 0 Å². The molecule has 266 valence electrons. The number of benzene rings is 2. The van der Waals surface area contributed by atoms with Crippen molar-refractivity contribution in [1.29, 1.82) is 0 Å². The summed E-state index contributed by atoms with van der Waals surface area (Å²) in [5.74, 6) is 2.38. The minimum Gasteiger partial charge on any atom is -0.394 e. The van der Waals surface area contributed by atoms with Crippen LogP contribution in [0.2, 0.25) is 0 Å². The Morgan fingerprint density at radius 1 is 0.959 bits per heavy atom. The number of carbonyl (C=O) groups excluding carboxylic acids is 1. The Morgan fingerprint density at radius 2 is 1.65 bits per heavy atom. The molecule has 7 aliphatic carbocycles. The molecule has 6 bridgehead atoms. The van der Waals surface area contributed by atoms with Gasteiger partial charge < -0.3 is 20.4 Å². The first kappa shape index (κ1) is 35.1. The van der Waals surface area contributed by atoms with Gasteiger partial charge in [0.05, 0.1) is 24.4 Å². The van der Waals surface area contributed by atoms with Gasteiger partial charge in [-0.1, -0.05) is 61.0 Å². The summed E-state index contributed by atoms with van der Waals surface area (Å²) in [6, 6.07) is 15.7. The van der Waals surface area contributed by atoms with Crippen LogP contribution in [0.4, 0.5) is 0 Å². The van der Waals surface area contributed by atoms with Gasteiger partial charge in [-0.25, -0.2) is 0 Å². The first-order valence-corrected chi connectivity index (χ1v) is 19.3. The van der Waals surface area contributed by atoms with Crippen LogP contribution < -0.4 is 0 Å². The number of nitrogens with zero attached hydrogens (tertiary/aromatic N) is 1. The van der Waals surface area contributed by atoms with Gasteiger partial charge in [-0.2, -0.15) is 0 Å². The number of hydrogen-bond acceptors (Lipinski definition) is 6. The lowest BCUT2D eigenvalue weighted by atomic mass is 9.49. The molecule has 0 unspecified atom stereocenters. The molecule has 4 N–H and O–H groups in total. The van der Waals surface area contributed by atoms with Crippen molar-refractivity contribution in [2.24, 2.45) is 28.6 Å². The average molecular weight is 670 g/mol. The fraction of sp³-hybridized carbons (Fsp3) is 0.651. The van der Waals surface area contributed by atoms with Crippen LogP contribution in [-0.2, 0) is 6.42 Å². The molecule has 0 heterocycles. The number of aliphatic hydroxyl groups excluding tert-OH is 3. The summed E-state index contributed by atoms with van der Waals surface area (Å²) in [7, 11) is 0. The first-order valence-electron chi connectivity index (χ1n) is 19.3. The van der Waals surface area contributed by atoms with E-state index in [4.69, 9.17) is 0 Å².